The van der Waals surface area contributed by atoms with Gasteiger partial charge in [0.05, 0.1) is 4.90 Å². The zero-order valence-electron chi connectivity index (χ0n) is 8.41. The molecule has 7 heteroatoms. The quantitative estimate of drug-likeness (QED) is 0.751. The van der Waals surface area contributed by atoms with Crippen molar-refractivity contribution >= 4 is 10.0 Å². The lowest BCUT2D eigenvalue weighted by molar-refractivity contribution is 0.560. The van der Waals surface area contributed by atoms with Crippen molar-refractivity contribution in [3.8, 4) is 0 Å². The summed E-state index contributed by atoms with van der Waals surface area (Å²) in [5, 5.41) is 0. The number of nitrogens with two attached hydrogens (primary N) is 1. The summed E-state index contributed by atoms with van der Waals surface area (Å²) in [4.78, 5) is -0.429. The number of nitrogens with one attached hydrogen (secondary N) is 1. The van der Waals surface area contributed by atoms with Crippen LogP contribution in [0, 0.1) is 11.6 Å². The molecule has 0 unspecified atom stereocenters. The Balaban J connectivity index is 2.89. The lowest BCUT2D eigenvalue weighted by Crippen LogP contribution is -2.26. The van der Waals surface area contributed by atoms with Gasteiger partial charge in [-0.3, -0.25) is 0 Å². The first-order chi connectivity index (χ1) is 7.45. The van der Waals surface area contributed by atoms with Crippen LogP contribution in [0.15, 0.2) is 23.1 Å². The third-order valence-electron chi connectivity index (χ3n) is 1.82. The van der Waals surface area contributed by atoms with Crippen molar-refractivity contribution in [1.82, 2.24) is 4.72 Å². The standard InChI is InChI=1S/C9H12F2N2O2S/c10-7-4-8(11)6-9(5-7)16(14,15)13-3-1-2-12/h4-6,13H,1-3,12H2. The molecule has 0 atom stereocenters. The van der Waals surface area contributed by atoms with Gasteiger partial charge >= 0.3 is 0 Å². The maximum atomic E-state index is 12.8. The fraction of sp³-hybridized carbons (Fsp3) is 0.333. The molecule has 0 aliphatic carbocycles. The maximum absolute atomic E-state index is 12.8. The highest BCUT2D eigenvalue weighted by Gasteiger charge is 2.15. The molecule has 0 aliphatic rings. The summed E-state index contributed by atoms with van der Waals surface area (Å²) in [5.74, 6) is -1.86. The molecule has 0 bridgehead atoms. The van der Waals surface area contributed by atoms with E-state index in [1.54, 1.807) is 0 Å². The number of rotatable bonds is 5. The summed E-state index contributed by atoms with van der Waals surface area (Å²) in [7, 11) is -3.86. The third kappa shape index (κ3) is 3.51. The molecule has 0 fully saturated rings. The molecule has 0 saturated heterocycles. The molecule has 0 spiro atoms. The highest BCUT2D eigenvalue weighted by molar-refractivity contribution is 7.89. The summed E-state index contributed by atoms with van der Waals surface area (Å²) in [6.07, 6.45) is 0.455. The lowest BCUT2D eigenvalue weighted by Gasteiger charge is -2.06. The Morgan fingerprint density at radius 3 is 2.25 bits per heavy atom. The molecule has 0 aliphatic heterocycles. The minimum atomic E-state index is -3.86. The Morgan fingerprint density at radius 2 is 1.75 bits per heavy atom. The molecule has 0 amide bonds. The topological polar surface area (TPSA) is 72.2 Å². The number of hydrogen-bond donors (Lipinski definition) is 2. The first kappa shape index (κ1) is 13.0. The van der Waals surface area contributed by atoms with Crippen molar-refractivity contribution in [2.24, 2.45) is 5.73 Å². The van der Waals surface area contributed by atoms with Crippen LogP contribution >= 0.6 is 0 Å². The Labute approximate surface area is 92.5 Å². The van der Waals surface area contributed by atoms with E-state index < -0.39 is 26.6 Å². The zero-order valence-corrected chi connectivity index (χ0v) is 9.23. The molecule has 0 aromatic heterocycles. The summed E-state index contributed by atoms with van der Waals surface area (Å²) >= 11 is 0. The van der Waals surface area contributed by atoms with Gasteiger partial charge in [-0.15, -0.1) is 0 Å². The SMILES string of the molecule is NCCCNS(=O)(=O)c1cc(F)cc(F)c1. The van der Waals surface area contributed by atoms with Crippen LogP contribution in [-0.4, -0.2) is 21.5 Å². The van der Waals surface area contributed by atoms with E-state index in [1.165, 1.54) is 0 Å². The number of sulfonamides is 1. The Bertz CT molecular complexity index is 442. The lowest BCUT2D eigenvalue weighted by atomic mass is 10.3. The average Bonchev–Trinajstić information content (AvgIpc) is 2.16. The monoisotopic (exact) mass is 250 g/mol. The van der Waals surface area contributed by atoms with Gasteiger partial charge in [0.25, 0.3) is 0 Å². The normalized spacial score (nSPS) is 11.7. The van der Waals surface area contributed by atoms with Gasteiger partial charge in [-0.2, -0.15) is 0 Å². The van der Waals surface area contributed by atoms with Gasteiger partial charge in [-0.05, 0) is 25.1 Å². The van der Waals surface area contributed by atoms with Gasteiger partial charge in [-0.25, -0.2) is 21.9 Å². The predicted octanol–water partition coefficient (Wildman–Crippen LogP) is 0.592. The predicted molar refractivity (Wildman–Crippen MR) is 55.2 cm³/mol. The summed E-state index contributed by atoms with van der Waals surface area (Å²) in [6, 6.07) is 2.13. The molecule has 0 heterocycles. The Hall–Kier alpha value is -1.05. The second-order valence-electron chi connectivity index (χ2n) is 3.15. The molecule has 4 nitrogen and oxygen atoms in total. The molecule has 0 saturated carbocycles. The van der Waals surface area contributed by atoms with Gasteiger partial charge < -0.3 is 5.73 Å². The van der Waals surface area contributed by atoms with E-state index in [0.29, 0.717) is 19.0 Å². The third-order valence-corrected chi connectivity index (χ3v) is 3.26. The van der Waals surface area contributed by atoms with E-state index >= 15 is 0 Å². The van der Waals surface area contributed by atoms with Crippen molar-refractivity contribution in [1.29, 1.82) is 0 Å². The number of hydrogen-bond acceptors (Lipinski definition) is 3. The van der Waals surface area contributed by atoms with E-state index in [-0.39, 0.29) is 6.54 Å². The van der Waals surface area contributed by atoms with Gasteiger partial charge in [0, 0.05) is 12.6 Å². The van der Waals surface area contributed by atoms with Gasteiger partial charge in [0.2, 0.25) is 10.0 Å². The fourth-order valence-corrected chi connectivity index (χ4v) is 2.19. The molecule has 1 aromatic rings. The van der Waals surface area contributed by atoms with Crippen molar-refractivity contribution in [3.63, 3.8) is 0 Å². The minimum absolute atomic E-state index is 0.136. The first-order valence-electron chi connectivity index (χ1n) is 4.61. The number of benzene rings is 1. The highest BCUT2D eigenvalue weighted by atomic mass is 32.2. The van der Waals surface area contributed by atoms with Crippen LogP contribution in [0.2, 0.25) is 0 Å². The van der Waals surface area contributed by atoms with Crippen molar-refractivity contribution in [2.75, 3.05) is 13.1 Å². The smallest absolute Gasteiger partial charge is 0.240 e. The average molecular weight is 250 g/mol. The Morgan fingerprint density at radius 1 is 1.19 bits per heavy atom. The summed E-state index contributed by atoms with van der Waals surface area (Å²) in [5.41, 5.74) is 5.19. The molecule has 90 valence electrons. The van der Waals surface area contributed by atoms with Gasteiger partial charge in [0.1, 0.15) is 11.6 Å². The summed E-state index contributed by atoms with van der Waals surface area (Å²) < 4.78 is 50.8. The van der Waals surface area contributed by atoms with Gasteiger partial charge in [0.15, 0.2) is 0 Å². The fourth-order valence-electron chi connectivity index (χ4n) is 1.08. The zero-order chi connectivity index (χ0) is 12.2. The second-order valence-corrected chi connectivity index (χ2v) is 4.91. The van der Waals surface area contributed by atoms with Crippen LogP contribution in [0.4, 0.5) is 8.78 Å². The highest BCUT2D eigenvalue weighted by Crippen LogP contribution is 2.13. The van der Waals surface area contributed by atoms with Crippen molar-refractivity contribution < 1.29 is 17.2 Å². The summed E-state index contributed by atoms with van der Waals surface area (Å²) in [6.45, 7) is 0.469. The van der Waals surface area contributed by atoms with E-state index in [4.69, 9.17) is 5.73 Å². The van der Waals surface area contributed by atoms with Crippen LogP contribution in [0.3, 0.4) is 0 Å². The van der Waals surface area contributed by atoms with Crippen LogP contribution in [0.25, 0.3) is 0 Å². The molecular weight excluding hydrogens is 238 g/mol. The van der Waals surface area contributed by atoms with Crippen LogP contribution in [-0.2, 0) is 10.0 Å². The molecule has 1 aromatic carbocycles. The largest absolute Gasteiger partial charge is 0.330 e. The Kier molecular flexibility index (Phi) is 4.34. The second kappa shape index (κ2) is 5.33. The molecule has 16 heavy (non-hydrogen) atoms. The van der Waals surface area contributed by atoms with Crippen LogP contribution < -0.4 is 10.5 Å². The number of halogens is 2. The van der Waals surface area contributed by atoms with Crippen molar-refractivity contribution in [2.45, 2.75) is 11.3 Å². The van der Waals surface area contributed by atoms with E-state index in [9.17, 15) is 17.2 Å². The van der Waals surface area contributed by atoms with Crippen LogP contribution in [0.5, 0.6) is 0 Å². The van der Waals surface area contributed by atoms with E-state index in [0.717, 1.165) is 12.1 Å². The molecule has 0 radical (unpaired) electrons. The maximum Gasteiger partial charge on any atom is 0.240 e. The molecule has 3 N–H and O–H groups in total. The first-order valence-corrected chi connectivity index (χ1v) is 6.10. The van der Waals surface area contributed by atoms with E-state index in [2.05, 4.69) is 4.72 Å². The minimum Gasteiger partial charge on any atom is -0.330 e. The van der Waals surface area contributed by atoms with Crippen LogP contribution in [0.1, 0.15) is 6.42 Å². The van der Waals surface area contributed by atoms with Gasteiger partial charge in [-0.1, -0.05) is 0 Å². The van der Waals surface area contributed by atoms with Crippen molar-refractivity contribution in [3.05, 3.63) is 29.8 Å². The molecular formula is C9H12F2N2O2S. The van der Waals surface area contributed by atoms with E-state index in [1.807, 2.05) is 0 Å². The molecule has 1 rings (SSSR count).